The van der Waals surface area contributed by atoms with Crippen LogP contribution in [0.3, 0.4) is 0 Å². The summed E-state index contributed by atoms with van der Waals surface area (Å²) in [5.74, 6) is 0.925. The summed E-state index contributed by atoms with van der Waals surface area (Å²) >= 11 is 0. The summed E-state index contributed by atoms with van der Waals surface area (Å²) in [6.45, 7) is 3.94. The SMILES string of the molecule is CCCOc1ncnc(NCCOCCO)c1N. The van der Waals surface area contributed by atoms with Gasteiger partial charge in [-0.25, -0.2) is 4.98 Å². The second-order valence-electron chi connectivity index (χ2n) is 3.55. The molecule has 0 fully saturated rings. The van der Waals surface area contributed by atoms with Crippen LogP contribution in [0.15, 0.2) is 6.33 Å². The zero-order valence-electron chi connectivity index (χ0n) is 10.6. The zero-order chi connectivity index (χ0) is 13.2. The number of aliphatic hydroxyl groups excluding tert-OH is 1. The summed E-state index contributed by atoms with van der Waals surface area (Å²) in [6.07, 6.45) is 2.29. The molecule has 7 nitrogen and oxygen atoms in total. The highest BCUT2D eigenvalue weighted by Gasteiger charge is 2.08. The van der Waals surface area contributed by atoms with Crippen molar-refractivity contribution >= 4 is 11.5 Å². The first-order valence-corrected chi connectivity index (χ1v) is 5.95. The lowest BCUT2D eigenvalue weighted by atomic mass is 10.4. The van der Waals surface area contributed by atoms with Crippen molar-refractivity contribution in [2.75, 3.05) is 44.0 Å². The van der Waals surface area contributed by atoms with Crippen molar-refractivity contribution in [1.82, 2.24) is 9.97 Å². The van der Waals surface area contributed by atoms with Crippen molar-refractivity contribution in [3.8, 4) is 5.88 Å². The number of aromatic nitrogens is 2. The lowest BCUT2D eigenvalue weighted by Crippen LogP contribution is -2.14. The van der Waals surface area contributed by atoms with Crippen molar-refractivity contribution in [3.05, 3.63) is 6.33 Å². The van der Waals surface area contributed by atoms with Gasteiger partial charge in [0.1, 0.15) is 12.0 Å². The van der Waals surface area contributed by atoms with Crippen LogP contribution in [-0.4, -0.2) is 48.0 Å². The summed E-state index contributed by atoms with van der Waals surface area (Å²) < 4.78 is 10.5. The molecule has 0 amide bonds. The molecule has 0 aliphatic carbocycles. The predicted molar refractivity (Wildman–Crippen MR) is 68.6 cm³/mol. The molecule has 18 heavy (non-hydrogen) atoms. The molecule has 102 valence electrons. The van der Waals surface area contributed by atoms with Crippen LogP contribution in [-0.2, 0) is 4.74 Å². The van der Waals surface area contributed by atoms with Gasteiger partial charge < -0.3 is 25.6 Å². The van der Waals surface area contributed by atoms with Gasteiger partial charge in [-0.1, -0.05) is 6.92 Å². The average Bonchev–Trinajstić information content (AvgIpc) is 2.39. The van der Waals surface area contributed by atoms with Crippen LogP contribution in [0.1, 0.15) is 13.3 Å². The van der Waals surface area contributed by atoms with E-state index in [0.29, 0.717) is 43.8 Å². The lowest BCUT2D eigenvalue weighted by molar-refractivity contribution is 0.0992. The molecule has 0 saturated carbocycles. The van der Waals surface area contributed by atoms with E-state index < -0.39 is 0 Å². The standard InChI is InChI=1S/C11H20N4O3/c1-2-5-18-11-9(12)10(14-8-15-11)13-3-6-17-7-4-16/h8,16H,2-7,12H2,1H3,(H,13,14,15). The third-order valence-electron chi connectivity index (χ3n) is 2.06. The third kappa shape index (κ3) is 4.72. The van der Waals surface area contributed by atoms with Crippen molar-refractivity contribution in [2.45, 2.75) is 13.3 Å². The maximum Gasteiger partial charge on any atom is 0.242 e. The molecular weight excluding hydrogens is 236 g/mol. The molecule has 0 spiro atoms. The van der Waals surface area contributed by atoms with E-state index in [0.717, 1.165) is 6.42 Å². The topological polar surface area (TPSA) is 103 Å². The number of ether oxygens (including phenoxy) is 2. The van der Waals surface area contributed by atoms with Crippen molar-refractivity contribution in [2.24, 2.45) is 0 Å². The number of hydrogen-bond donors (Lipinski definition) is 3. The largest absolute Gasteiger partial charge is 0.476 e. The molecular formula is C11H20N4O3. The van der Waals surface area contributed by atoms with Crippen LogP contribution in [0.5, 0.6) is 5.88 Å². The number of rotatable bonds is 9. The van der Waals surface area contributed by atoms with Crippen LogP contribution in [0.2, 0.25) is 0 Å². The van der Waals surface area contributed by atoms with E-state index in [1.54, 1.807) is 0 Å². The molecule has 0 aromatic carbocycles. The van der Waals surface area contributed by atoms with Crippen LogP contribution in [0.4, 0.5) is 11.5 Å². The minimum atomic E-state index is 0.0185. The zero-order valence-corrected chi connectivity index (χ0v) is 10.6. The fourth-order valence-electron chi connectivity index (χ4n) is 1.24. The highest BCUT2D eigenvalue weighted by Crippen LogP contribution is 2.24. The number of nitrogens with zero attached hydrogens (tertiary/aromatic N) is 2. The fraction of sp³-hybridized carbons (Fsp3) is 0.636. The van der Waals surface area contributed by atoms with Gasteiger partial charge in [0.15, 0.2) is 5.82 Å². The van der Waals surface area contributed by atoms with Gasteiger partial charge in [-0.3, -0.25) is 0 Å². The Bertz CT molecular complexity index is 349. The van der Waals surface area contributed by atoms with E-state index in [-0.39, 0.29) is 6.61 Å². The normalized spacial score (nSPS) is 10.3. The molecule has 1 aromatic rings. The Labute approximate surface area is 106 Å². The average molecular weight is 256 g/mol. The third-order valence-corrected chi connectivity index (χ3v) is 2.06. The molecule has 0 atom stereocenters. The Morgan fingerprint density at radius 2 is 2.17 bits per heavy atom. The molecule has 0 aliphatic heterocycles. The Morgan fingerprint density at radius 1 is 1.33 bits per heavy atom. The maximum atomic E-state index is 8.54. The minimum Gasteiger partial charge on any atom is -0.476 e. The fourth-order valence-corrected chi connectivity index (χ4v) is 1.24. The number of nitrogens with two attached hydrogens (primary N) is 1. The molecule has 0 saturated heterocycles. The summed E-state index contributed by atoms with van der Waals surface area (Å²) in [7, 11) is 0. The second kappa shape index (κ2) is 8.48. The monoisotopic (exact) mass is 256 g/mol. The number of hydrogen-bond acceptors (Lipinski definition) is 7. The molecule has 0 aliphatic rings. The van der Waals surface area contributed by atoms with Gasteiger partial charge >= 0.3 is 0 Å². The number of anilines is 2. The molecule has 0 radical (unpaired) electrons. The lowest BCUT2D eigenvalue weighted by Gasteiger charge is -2.11. The van der Waals surface area contributed by atoms with Gasteiger partial charge in [0.25, 0.3) is 0 Å². The van der Waals surface area contributed by atoms with Crippen LogP contribution >= 0.6 is 0 Å². The molecule has 0 unspecified atom stereocenters. The minimum absolute atomic E-state index is 0.0185. The number of nitrogens with one attached hydrogen (secondary N) is 1. The van der Waals surface area contributed by atoms with E-state index in [4.69, 9.17) is 20.3 Å². The van der Waals surface area contributed by atoms with E-state index in [1.807, 2.05) is 6.92 Å². The molecule has 1 heterocycles. The summed E-state index contributed by atoms with van der Waals surface area (Å²) in [5.41, 5.74) is 6.27. The van der Waals surface area contributed by atoms with Crippen LogP contribution < -0.4 is 15.8 Å². The van der Waals surface area contributed by atoms with Crippen LogP contribution in [0.25, 0.3) is 0 Å². The highest BCUT2D eigenvalue weighted by atomic mass is 16.5. The van der Waals surface area contributed by atoms with Gasteiger partial charge in [0.2, 0.25) is 5.88 Å². The smallest absolute Gasteiger partial charge is 0.242 e. The Hall–Kier alpha value is -1.60. The first-order valence-electron chi connectivity index (χ1n) is 5.95. The second-order valence-corrected chi connectivity index (χ2v) is 3.55. The number of nitrogen functional groups attached to an aromatic ring is 1. The van der Waals surface area contributed by atoms with Gasteiger partial charge in [-0.05, 0) is 6.42 Å². The van der Waals surface area contributed by atoms with Crippen molar-refractivity contribution in [3.63, 3.8) is 0 Å². The van der Waals surface area contributed by atoms with Crippen molar-refractivity contribution < 1.29 is 14.6 Å². The number of aliphatic hydroxyl groups is 1. The van der Waals surface area contributed by atoms with Crippen LogP contribution in [0, 0.1) is 0 Å². The quantitative estimate of drug-likeness (QED) is 0.545. The summed E-state index contributed by atoms with van der Waals surface area (Å²) in [5, 5.41) is 11.6. The van der Waals surface area contributed by atoms with E-state index in [9.17, 15) is 0 Å². The Morgan fingerprint density at radius 3 is 2.89 bits per heavy atom. The van der Waals surface area contributed by atoms with E-state index in [1.165, 1.54) is 6.33 Å². The molecule has 7 heteroatoms. The van der Waals surface area contributed by atoms with Crippen molar-refractivity contribution in [1.29, 1.82) is 0 Å². The van der Waals surface area contributed by atoms with E-state index >= 15 is 0 Å². The Balaban J connectivity index is 2.44. The van der Waals surface area contributed by atoms with Gasteiger partial charge in [-0.2, -0.15) is 4.98 Å². The van der Waals surface area contributed by atoms with Gasteiger partial charge in [0.05, 0.1) is 26.4 Å². The van der Waals surface area contributed by atoms with Gasteiger partial charge in [0, 0.05) is 6.54 Å². The first kappa shape index (κ1) is 14.5. The van der Waals surface area contributed by atoms with Gasteiger partial charge in [-0.15, -0.1) is 0 Å². The Kier molecular flexibility index (Phi) is 6.82. The first-order chi connectivity index (χ1) is 8.79. The van der Waals surface area contributed by atoms with E-state index in [2.05, 4.69) is 15.3 Å². The highest BCUT2D eigenvalue weighted by molar-refractivity contribution is 5.66. The molecule has 1 rings (SSSR count). The summed E-state index contributed by atoms with van der Waals surface area (Å²) in [4.78, 5) is 8.00. The molecule has 4 N–H and O–H groups in total. The molecule has 1 aromatic heterocycles. The molecule has 0 bridgehead atoms. The predicted octanol–water partition coefficient (Wildman–Crippen LogP) is 0.268. The maximum absolute atomic E-state index is 8.54. The summed E-state index contributed by atoms with van der Waals surface area (Å²) in [6, 6.07) is 0.